The number of amides is 1. The fraction of sp³-hybridized carbons (Fsp3) is 0.0556. The zero-order valence-electron chi connectivity index (χ0n) is 14.2. The van der Waals surface area contributed by atoms with Crippen molar-refractivity contribution >= 4 is 64.4 Å². The third-order valence-corrected chi connectivity index (χ3v) is 4.87. The van der Waals surface area contributed by atoms with Crippen molar-refractivity contribution in [1.29, 1.82) is 0 Å². The molecule has 1 aromatic heterocycles. The van der Waals surface area contributed by atoms with Gasteiger partial charge in [-0.3, -0.25) is 10.2 Å². The van der Waals surface area contributed by atoms with E-state index in [1.165, 1.54) is 6.21 Å². The number of halogens is 4. The molecule has 0 spiro atoms. The van der Waals surface area contributed by atoms with E-state index >= 15 is 0 Å². The van der Waals surface area contributed by atoms with Gasteiger partial charge >= 0.3 is 6.09 Å². The van der Waals surface area contributed by atoms with Crippen LogP contribution in [0, 0.1) is 6.92 Å². The largest absolute Gasteiger partial charge is 0.437 e. The monoisotopic (exact) mass is 457 g/mol. The van der Waals surface area contributed by atoms with Crippen LogP contribution in [0.3, 0.4) is 0 Å². The predicted octanol–water partition coefficient (Wildman–Crippen LogP) is 6.85. The van der Waals surface area contributed by atoms with Crippen molar-refractivity contribution < 1.29 is 14.2 Å². The van der Waals surface area contributed by atoms with Crippen LogP contribution in [-0.2, 0) is 4.84 Å². The minimum absolute atomic E-state index is 0.218. The highest BCUT2D eigenvalue weighted by Gasteiger charge is 2.19. The smallest absolute Gasteiger partial charge is 0.360 e. The number of benzene rings is 2. The Hall–Kier alpha value is -2.25. The highest BCUT2D eigenvalue weighted by Crippen LogP contribution is 2.36. The minimum atomic E-state index is -0.877. The van der Waals surface area contributed by atoms with Crippen LogP contribution in [0.25, 0.3) is 11.3 Å². The summed E-state index contributed by atoms with van der Waals surface area (Å²) in [6, 6.07) is 9.85. The molecule has 0 saturated carbocycles. The van der Waals surface area contributed by atoms with Crippen molar-refractivity contribution in [3.63, 3.8) is 0 Å². The summed E-state index contributed by atoms with van der Waals surface area (Å²) in [5.41, 5.74) is 1.53. The second kappa shape index (κ2) is 8.84. The van der Waals surface area contributed by atoms with E-state index in [9.17, 15) is 4.79 Å². The lowest BCUT2D eigenvalue weighted by Gasteiger charge is -2.07. The topological polar surface area (TPSA) is 76.7 Å². The van der Waals surface area contributed by atoms with Gasteiger partial charge in [0.05, 0.1) is 37.6 Å². The maximum Gasteiger partial charge on any atom is 0.437 e. The third kappa shape index (κ3) is 4.42. The molecule has 2 aromatic carbocycles. The summed E-state index contributed by atoms with van der Waals surface area (Å²) < 4.78 is 5.20. The Kier molecular flexibility index (Phi) is 6.46. The Morgan fingerprint density at radius 1 is 1.07 bits per heavy atom. The second-order valence-electron chi connectivity index (χ2n) is 5.43. The van der Waals surface area contributed by atoms with Crippen LogP contribution in [0.1, 0.15) is 11.3 Å². The molecule has 3 aromatic rings. The lowest BCUT2D eigenvalue weighted by molar-refractivity contribution is 0.167. The molecule has 1 heterocycles. The first-order valence-corrected chi connectivity index (χ1v) is 9.25. The summed E-state index contributed by atoms with van der Waals surface area (Å²) >= 11 is 24.4. The van der Waals surface area contributed by atoms with Gasteiger partial charge in [-0.2, -0.15) is 0 Å². The van der Waals surface area contributed by atoms with Gasteiger partial charge in [0.2, 0.25) is 0 Å². The molecule has 28 heavy (non-hydrogen) atoms. The number of carbonyl (C=O) groups excluding carboxylic acids is 1. The first-order valence-electron chi connectivity index (χ1n) is 7.74. The van der Waals surface area contributed by atoms with Gasteiger partial charge in [0.15, 0.2) is 0 Å². The molecule has 1 N–H and O–H groups in total. The summed E-state index contributed by atoms with van der Waals surface area (Å²) in [4.78, 5) is 16.8. The average Bonchev–Trinajstić information content (AvgIpc) is 2.99. The molecule has 144 valence electrons. The number of para-hydroxylation sites is 1. The van der Waals surface area contributed by atoms with E-state index in [1.807, 2.05) is 0 Å². The van der Waals surface area contributed by atoms with E-state index in [0.717, 1.165) is 0 Å². The number of anilines is 1. The number of nitrogens with zero attached hydrogens (tertiary/aromatic N) is 2. The Bertz CT molecular complexity index is 1030. The van der Waals surface area contributed by atoms with E-state index in [4.69, 9.17) is 55.8 Å². The van der Waals surface area contributed by atoms with Gasteiger partial charge in [0.25, 0.3) is 0 Å². The molecule has 0 saturated heterocycles. The van der Waals surface area contributed by atoms with Crippen molar-refractivity contribution in [2.45, 2.75) is 6.92 Å². The zero-order valence-corrected chi connectivity index (χ0v) is 17.2. The summed E-state index contributed by atoms with van der Waals surface area (Å²) in [5.74, 6) is 0.438. The number of rotatable bonds is 4. The lowest BCUT2D eigenvalue weighted by Crippen LogP contribution is -2.11. The Labute approximate surface area is 179 Å². The Morgan fingerprint density at radius 2 is 1.64 bits per heavy atom. The molecule has 3 rings (SSSR count). The van der Waals surface area contributed by atoms with Crippen molar-refractivity contribution in [2.24, 2.45) is 5.16 Å². The maximum absolute atomic E-state index is 11.9. The van der Waals surface area contributed by atoms with Crippen LogP contribution in [0.5, 0.6) is 0 Å². The van der Waals surface area contributed by atoms with E-state index in [-0.39, 0.29) is 15.7 Å². The van der Waals surface area contributed by atoms with Crippen LogP contribution in [0.4, 0.5) is 10.5 Å². The lowest BCUT2D eigenvalue weighted by atomic mass is 10.1. The number of aryl methyl sites for hydroxylation is 1. The van der Waals surface area contributed by atoms with Gasteiger partial charge in [0, 0.05) is 5.56 Å². The fourth-order valence-electron chi connectivity index (χ4n) is 2.30. The van der Waals surface area contributed by atoms with E-state index in [2.05, 4.69) is 15.6 Å². The van der Waals surface area contributed by atoms with Crippen molar-refractivity contribution in [1.82, 2.24) is 5.16 Å². The van der Waals surface area contributed by atoms with E-state index in [1.54, 1.807) is 43.3 Å². The molecule has 0 radical (unpaired) electrons. The second-order valence-corrected chi connectivity index (χ2v) is 7.06. The number of oxime groups is 1. The summed E-state index contributed by atoms with van der Waals surface area (Å²) in [6.07, 6.45) is 0.395. The Balaban J connectivity index is 1.79. The van der Waals surface area contributed by atoms with Gasteiger partial charge in [-0.25, -0.2) is 4.79 Å². The number of hydrogen-bond acceptors (Lipinski definition) is 5. The average molecular weight is 459 g/mol. The number of aromatic nitrogens is 1. The van der Waals surface area contributed by atoms with Gasteiger partial charge in [-0.1, -0.05) is 68.8 Å². The standard InChI is InChI=1S/C18H11Cl4N3O3/c1-9-10(16(25-27-9)15-11(19)4-2-5-12(15)20)8-23-28-18(26)24-17-13(21)6-3-7-14(17)22/h2-8H,1H3,(H,24,26)/b23-8-. The quantitative estimate of drug-likeness (QED) is 0.263. The molecule has 0 bridgehead atoms. The fourth-order valence-corrected chi connectivity index (χ4v) is 3.37. The summed E-state index contributed by atoms with van der Waals surface area (Å²) in [5, 5.41) is 11.4. The van der Waals surface area contributed by atoms with Crippen molar-refractivity contribution in [3.05, 3.63) is 67.8 Å². The maximum atomic E-state index is 11.9. The molecule has 10 heteroatoms. The molecule has 0 fully saturated rings. The normalized spacial score (nSPS) is 11.0. The molecule has 0 unspecified atom stereocenters. The van der Waals surface area contributed by atoms with Gasteiger partial charge in [-0.05, 0) is 31.2 Å². The van der Waals surface area contributed by atoms with E-state index in [0.29, 0.717) is 32.6 Å². The number of hydrogen-bond donors (Lipinski definition) is 1. The molecular formula is C18H11Cl4N3O3. The van der Waals surface area contributed by atoms with Crippen LogP contribution in [0.2, 0.25) is 20.1 Å². The first kappa shape index (κ1) is 20.5. The molecule has 0 atom stereocenters. The van der Waals surface area contributed by atoms with Gasteiger partial charge in [-0.15, -0.1) is 0 Å². The van der Waals surface area contributed by atoms with Crippen LogP contribution in [0.15, 0.2) is 46.1 Å². The van der Waals surface area contributed by atoms with Crippen molar-refractivity contribution in [3.8, 4) is 11.3 Å². The van der Waals surface area contributed by atoms with E-state index < -0.39 is 6.09 Å². The molecular weight excluding hydrogens is 448 g/mol. The first-order chi connectivity index (χ1) is 13.4. The predicted molar refractivity (Wildman–Crippen MR) is 111 cm³/mol. The Morgan fingerprint density at radius 3 is 2.25 bits per heavy atom. The number of carbonyl (C=O) groups is 1. The number of nitrogens with one attached hydrogen (secondary N) is 1. The molecule has 0 aliphatic rings. The third-order valence-electron chi connectivity index (χ3n) is 3.62. The van der Waals surface area contributed by atoms with Gasteiger partial charge in [0.1, 0.15) is 11.5 Å². The highest BCUT2D eigenvalue weighted by molar-refractivity contribution is 6.40. The zero-order chi connectivity index (χ0) is 20.3. The summed E-state index contributed by atoms with van der Waals surface area (Å²) in [7, 11) is 0. The molecule has 6 nitrogen and oxygen atoms in total. The van der Waals surface area contributed by atoms with Crippen LogP contribution < -0.4 is 5.32 Å². The highest BCUT2D eigenvalue weighted by atomic mass is 35.5. The molecule has 0 aliphatic heterocycles. The van der Waals surface area contributed by atoms with Crippen molar-refractivity contribution in [2.75, 3.05) is 5.32 Å². The van der Waals surface area contributed by atoms with Gasteiger partial charge < -0.3 is 4.52 Å². The SMILES string of the molecule is Cc1onc(-c2c(Cl)cccc2Cl)c1/C=N\OC(=O)Nc1c(Cl)cccc1Cl. The van der Waals surface area contributed by atoms with Crippen LogP contribution >= 0.6 is 46.4 Å². The minimum Gasteiger partial charge on any atom is -0.360 e. The molecule has 0 aliphatic carbocycles. The summed E-state index contributed by atoms with van der Waals surface area (Å²) in [6.45, 7) is 1.67. The molecule has 1 amide bonds. The van der Waals surface area contributed by atoms with Crippen LogP contribution in [-0.4, -0.2) is 17.5 Å².